The van der Waals surface area contributed by atoms with E-state index in [1.165, 1.54) is 9.77 Å². The maximum absolute atomic E-state index is 11.4. The molecule has 0 bridgehead atoms. The lowest BCUT2D eigenvalue weighted by Gasteiger charge is -2.27. The molecule has 0 saturated heterocycles. The van der Waals surface area contributed by atoms with Gasteiger partial charge < -0.3 is 10.6 Å². The SMILES string of the molecule is CCNC(=O)CCNC1C[C@H](C)Sc2sccc21. The number of rotatable bonds is 5. The lowest BCUT2D eigenvalue weighted by Crippen LogP contribution is -2.31. The monoisotopic (exact) mass is 284 g/mol. The smallest absolute Gasteiger partial charge is 0.221 e. The van der Waals surface area contributed by atoms with Gasteiger partial charge in [0.1, 0.15) is 0 Å². The number of nitrogens with one attached hydrogen (secondary N) is 2. The summed E-state index contributed by atoms with van der Waals surface area (Å²) in [5.74, 6) is 0.133. The van der Waals surface area contributed by atoms with Crippen molar-refractivity contribution in [1.29, 1.82) is 0 Å². The predicted molar refractivity (Wildman–Crippen MR) is 78.3 cm³/mol. The van der Waals surface area contributed by atoms with Crippen molar-refractivity contribution in [3.8, 4) is 0 Å². The molecular formula is C13H20N2OS2. The topological polar surface area (TPSA) is 41.1 Å². The minimum atomic E-state index is 0.133. The quantitative estimate of drug-likeness (QED) is 0.873. The standard InChI is InChI=1S/C13H20N2OS2/c1-3-14-12(16)4-6-15-11-8-9(2)18-13-10(11)5-7-17-13/h5,7,9,11,15H,3-4,6,8H2,1-2H3,(H,14,16)/t9-,11?/m0/s1. The van der Waals surface area contributed by atoms with Crippen LogP contribution in [0.5, 0.6) is 0 Å². The van der Waals surface area contributed by atoms with Crippen molar-refractivity contribution in [3.05, 3.63) is 17.0 Å². The van der Waals surface area contributed by atoms with E-state index in [0.717, 1.165) is 13.0 Å². The number of amides is 1. The van der Waals surface area contributed by atoms with Crippen molar-refractivity contribution in [3.63, 3.8) is 0 Å². The molecule has 0 radical (unpaired) electrons. The molecule has 1 aliphatic heterocycles. The Morgan fingerprint density at radius 3 is 3.17 bits per heavy atom. The van der Waals surface area contributed by atoms with Crippen LogP contribution >= 0.6 is 23.1 Å². The highest BCUT2D eigenvalue weighted by Gasteiger charge is 2.25. The molecule has 5 heteroatoms. The third kappa shape index (κ3) is 3.49. The van der Waals surface area contributed by atoms with Crippen LogP contribution in [0.15, 0.2) is 15.7 Å². The molecule has 1 aromatic heterocycles. The summed E-state index contributed by atoms with van der Waals surface area (Å²) in [7, 11) is 0. The fourth-order valence-electron chi connectivity index (χ4n) is 2.19. The van der Waals surface area contributed by atoms with E-state index in [2.05, 4.69) is 29.0 Å². The lowest BCUT2D eigenvalue weighted by atomic mass is 10.0. The van der Waals surface area contributed by atoms with Crippen molar-refractivity contribution < 1.29 is 4.79 Å². The second-order valence-corrected chi connectivity index (χ2v) is 7.16. The third-order valence-corrected chi connectivity index (χ3v) is 5.37. The summed E-state index contributed by atoms with van der Waals surface area (Å²) in [5.41, 5.74) is 1.42. The minimum absolute atomic E-state index is 0.133. The van der Waals surface area contributed by atoms with E-state index < -0.39 is 0 Å². The highest BCUT2D eigenvalue weighted by atomic mass is 32.2. The molecule has 2 N–H and O–H groups in total. The molecule has 1 aromatic rings. The second kappa shape index (κ2) is 6.59. The Hall–Kier alpha value is -0.520. The van der Waals surface area contributed by atoms with Gasteiger partial charge in [-0.2, -0.15) is 0 Å². The highest BCUT2D eigenvalue weighted by Crippen LogP contribution is 2.43. The fourth-order valence-corrected chi connectivity index (χ4v) is 4.75. The lowest BCUT2D eigenvalue weighted by molar-refractivity contribution is -0.120. The van der Waals surface area contributed by atoms with Crippen LogP contribution < -0.4 is 10.6 Å². The van der Waals surface area contributed by atoms with E-state index in [1.54, 1.807) is 0 Å². The van der Waals surface area contributed by atoms with Gasteiger partial charge in [-0.25, -0.2) is 0 Å². The Labute approximate surface area is 117 Å². The van der Waals surface area contributed by atoms with Crippen molar-refractivity contribution in [2.75, 3.05) is 13.1 Å². The molecule has 0 aromatic carbocycles. The minimum Gasteiger partial charge on any atom is -0.356 e. The van der Waals surface area contributed by atoms with Crippen molar-refractivity contribution in [2.24, 2.45) is 0 Å². The van der Waals surface area contributed by atoms with Gasteiger partial charge in [0, 0.05) is 30.8 Å². The summed E-state index contributed by atoms with van der Waals surface area (Å²) < 4.78 is 1.43. The van der Waals surface area contributed by atoms with E-state index in [1.807, 2.05) is 30.0 Å². The molecule has 100 valence electrons. The van der Waals surface area contributed by atoms with E-state index in [4.69, 9.17) is 0 Å². The van der Waals surface area contributed by atoms with Crippen molar-refractivity contribution in [2.45, 2.75) is 42.2 Å². The number of thioether (sulfide) groups is 1. The summed E-state index contributed by atoms with van der Waals surface area (Å²) in [6.45, 7) is 5.68. The molecule has 1 aliphatic rings. The highest BCUT2D eigenvalue weighted by molar-refractivity contribution is 8.01. The van der Waals surface area contributed by atoms with E-state index in [0.29, 0.717) is 24.3 Å². The normalized spacial score (nSPS) is 22.6. The van der Waals surface area contributed by atoms with Crippen molar-refractivity contribution in [1.82, 2.24) is 10.6 Å². The van der Waals surface area contributed by atoms with Gasteiger partial charge in [-0.1, -0.05) is 6.92 Å². The van der Waals surface area contributed by atoms with E-state index >= 15 is 0 Å². The van der Waals surface area contributed by atoms with E-state index in [9.17, 15) is 4.79 Å². The van der Waals surface area contributed by atoms with Crippen LogP contribution in [0, 0.1) is 0 Å². The average Bonchev–Trinajstić information content (AvgIpc) is 2.77. The Morgan fingerprint density at radius 1 is 1.56 bits per heavy atom. The molecule has 0 saturated carbocycles. The number of hydrogen-bond donors (Lipinski definition) is 2. The molecule has 2 heterocycles. The number of carbonyl (C=O) groups is 1. The Kier molecular flexibility index (Phi) is 5.09. The van der Waals surface area contributed by atoms with Crippen LogP contribution in [0.2, 0.25) is 0 Å². The van der Waals surface area contributed by atoms with Crippen LogP contribution in [0.3, 0.4) is 0 Å². The molecular weight excluding hydrogens is 264 g/mol. The summed E-state index contributed by atoms with van der Waals surface area (Å²) >= 11 is 3.79. The zero-order chi connectivity index (χ0) is 13.0. The molecule has 1 unspecified atom stereocenters. The number of thiophene rings is 1. The largest absolute Gasteiger partial charge is 0.356 e. The van der Waals surface area contributed by atoms with Gasteiger partial charge in [-0.3, -0.25) is 4.79 Å². The number of hydrogen-bond acceptors (Lipinski definition) is 4. The number of carbonyl (C=O) groups excluding carboxylic acids is 1. The number of fused-ring (bicyclic) bond motifs is 1. The first-order valence-corrected chi connectivity index (χ1v) is 8.20. The molecule has 1 amide bonds. The van der Waals surface area contributed by atoms with Crippen molar-refractivity contribution >= 4 is 29.0 Å². The van der Waals surface area contributed by atoms with Crippen LogP contribution in [-0.4, -0.2) is 24.2 Å². The molecule has 3 nitrogen and oxygen atoms in total. The Morgan fingerprint density at radius 2 is 2.39 bits per heavy atom. The first-order chi connectivity index (χ1) is 8.70. The van der Waals surface area contributed by atoms with Crippen LogP contribution in [0.4, 0.5) is 0 Å². The van der Waals surface area contributed by atoms with Gasteiger partial charge in [0.05, 0.1) is 4.21 Å². The molecule has 18 heavy (non-hydrogen) atoms. The zero-order valence-corrected chi connectivity index (χ0v) is 12.5. The fraction of sp³-hybridized carbons (Fsp3) is 0.615. The van der Waals surface area contributed by atoms with Gasteiger partial charge in [-0.05, 0) is 30.4 Å². The van der Waals surface area contributed by atoms with Crippen LogP contribution in [0.25, 0.3) is 0 Å². The van der Waals surface area contributed by atoms with E-state index in [-0.39, 0.29) is 5.91 Å². The summed E-state index contributed by atoms with van der Waals surface area (Å²) in [6.07, 6.45) is 1.70. The second-order valence-electron chi connectivity index (χ2n) is 4.54. The molecule has 2 atom stereocenters. The first kappa shape index (κ1) is 13.9. The predicted octanol–water partition coefficient (Wildman–Crippen LogP) is 2.79. The van der Waals surface area contributed by atoms with Gasteiger partial charge >= 0.3 is 0 Å². The first-order valence-electron chi connectivity index (χ1n) is 6.44. The maximum Gasteiger partial charge on any atom is 0.221 e. The van der Waals surface area contributed by atoms with Gasteiger partial charge in [-0.15, -0.1) is 23.1 Å². The van der Waals surface area contributed by atoms with Crippen LogP contribution in [-0.2, 0) is 4.79 Å². The zero-order valence-electron chi connectivity index (χ0n) is 10.9. The molecule has 2 rings (SSSR count). The summed E-state index contributed by atoms with van der Waals surface area (Å²) in [5, 5.41) is 9.15. The summed E-state index contributed by atoms with van der Waals surface area (Å²) in [6, 6.07) is 2.62. The molecule has 0 spiro atoms. The summed E-state index contributed by atoms with van der Waals surface area (Å²) in [4.78, 5) is 11.4. The van der Waals surface area contributed by atoms with Gasteiger partial charge in [0.15, 0.2) is 0 Å². The third-order valence-electron chi connectivity index (χ3n) is 3.03. The van der Waals surface area contributed by atoms with Gasteiger partial charge in [0.2, 0.25) is 5.91 Å². The Balaban J connectivity index is 1.85. The van der Waals surface area contributed by atoms with Gasteiger partial charge in [0.25, 0.3) is 0 Å². The Bertz CT molecular complexity index is 405. The average molecular weight is 284 g/mol. The molecule has 0 aliphatic carbocycles. The maximum atomic E-state index is 11.4. The molecule has 0 fully saturated rings. The van der Waals surface area contributed by atoms with Crippen LogP contribution in [0.1, 0.15) is 38.3 Å².